The summed E-state index contributed by atoms with van der Waals surface area (Å²) in [5.74, 6) is -0.278. The smallest absolute Gasteiger partial charge is 0.314 e. The van der Waals surface area contributed by atoms with Crippen molar-refractivity contribution in [2.24, 2.45) is 0 Å². The number of nitrogens with zero attached hydrogens (tertiary/aromatic N) is 5. The van der Waals surface area contributed by atoms with Crippen LogP contribution in [-0.4, -0.2) is 46.5 Å². The Morgan fingerprint density at radius 2 is 1.71 bits per heavy atom. The number of benzene rings is 1. The second kappa shape index (κ2) is 8.18. The molecule has 1 aromatic carbocycles. The predicted octanol–water partition coefficient (Wildman–Crippen LogP) is 3.79. The third-order valence-electron chi connectivity index (χ3n) is 5.88. The number of hydrogen-bond acceptors (Lipinski definition) is 8. The van der Waals surface area contributed by atoms with Gasteiger partial charge in [0.2, 0.25) is 5.95 Å². The molecule has 8 nitrogen and oxygen atoms in total. The number of morpholine rings is 1. The van der Waals surface area contributed by atoms with E-state index in [-0.39, 0.29) is 11.4 Å². The van der Waals surface area contributed by atoms with E-state index in [2.05, 4.69) is 54.6 Å². The molecule has 0 spiro atoms. The van der Waals surface area contributed by atoms with Crippen molar-refractivity contribution in [3.8, 4) is 11.5 Å². The summed E-state index contributed by atoms with van der Waals surface area (Å²) in [6.45, 7) is 3.32. The lowest BCUT2D eigenvalue weighted by Crippen LogP contribution is -2.42. The van der Waals surface area contributed by atoms with E-state index >= 15 is 0 Å². The fourth-order valence-electron chi connectivity index (χ4n) is 3.99. The van der Waals surface area contributed by atoms with Crippen LogP contribution in [0.2, 0.25) is 0 Å². The SMILES string of the molecule is FC(F)c1nnc(-c2cnc(NC3(c4ccc(N5CCOCC5)cc4)CCC3)nc2)o1. The summed E-state index contributed by atoms with van der Waals surface area (Å²) in [6, 6.07) is 8.64. The number of rotatable bonds is 6. The number of hydrogen-bond donors (Lipinski definition) is 1. The van der Waals surface area contributed by atoms with E-state index in [4.69, 9.17) is 9.15 Å². The van der Waals surface area contributed by atoms with Crippen LogP contribution < -0.4 is 10.2 Å². The van der Waals surface area contributed by atoms with Crippen molar-refractivity contribution in [3.05, 3.63) is 48.1 Å². The second-order valence-electron chi connectivity index (χ2n) is 7.75. The van der Waals surface area contributed by atoms with Gasteiger partial charge in [-0.05, 0) is 37.0 Å². The van der Waals surface area contributed by atoms with Crippen LogP contribution in [0.25, 0.3) is 11.5 Å². The minimum atomic E-state index is -2.81. The highest BCUT2D eigenvalue weighted by atomic mass is 19.3. The van der Waals surface area contributed by atoms with Gasteiger partial charge in [-0.15, -0.1) is 10.2 Å². The summed E-state index contributed by atoms with van der Waals surface area (Å²) in [5.41, 5.74) is 2.58. The maximum atomic E-state index is 12.6. The van der Waals surface area contributed by atoms with E-state index in [1.54, 1.807) is 0 Å². The first-order valence-corrected chi connectivity index (χ1v) is 10.3. The molecule has 3 heterocycles. The van der Waals surface area contributed by atoms with Crippen molar-refractivity contribution < 1.29 is 17.9 Å². The summed E-state index contributed by atoms with van der Waals surface area (Å²) in [4.78, 5) is 11.0. The zero-order valence-electron chi connectivity index (χ0n) is 16.8. The Labute approximate surface area is 177 Å². The average molecular weight is 428 g/mol. The molecule has 0 bridgehead atoms. The fourth-order valence-corrected chi connectivity index (χ4v) is 3.99. The van der Waals surface area contributed by atoms with E-state index in [0.717, 1.165) is 45.6 Å². The normalized spacial score (nSPS) is 18.1. The highest BCUT2D eigenvalue weighted by Crippen LogP contribution is 2.44. The summed E-state index contributed by atoms with van der Waals surface area (Å²) in [6.07, 6.45) is 3.26. The second-order valence-corrected chi connectivity index (χ2v) is 7.75. The minimum Gasteiger partial charge on any atom is -0.415 e. The standard InChI is InChI=1S/C21H22F2N6O2/c22-17(23)19-28-27-18(31-19)14-12-24-20(25-13-14)26-21(6-1-7-21)15-2-4-16(5-3-15)29-8-10-30-11-9-29/h2-5,12-13,17H,1,6-11H2,(H,24,25,26). The largest absolute Gasteiger partial charge is 0.415 e. The Kier molecular flexibility index (Phi) is 5.23. The number of halogens is 2. The maximum absolute atomic E-state index is 12.6. The molecule has 0 unspecified atom stereocenters. The van der Waals surface area contributed by atoms with Crippen LogP contribution in [0.1, 0.15) is 37.1 Å². The van der Waals surface area contributed by atoms with Gasteiger partial charge in [0, 0.05) is 31.2 Å². The Balaban J connectivity index is 1.30. The zero-order valence-corrected chi connectivity index (χ0v) is 16.8. The number of alkyl halides is 2. The Hall–Kier alpha value is -3.14. The van der Waals surface area contributed by atoms with Crippen LogP contribution in [0.5, 0.6) is 0 Å². The third-order valence-corrected chi connectivity index (χ3v) is 5.88. The van der Waals surface area contributed by atoms with Crippen LogP contribution in [0.4, 0.5) is 20.4 Å². The van der Waals surface area contributed by atoms with E-state index in [1.165, 1.54) is 23.6 Å². The Morgan fingerprint density at radius 3 is 2.29 bits per heavy atom. The van der Waals surface area contributed by atoms with Crippen molar-refractivity contribution in [2.75, 3.05) is 36.5 Å². The molecule has 1 N–H and O–H groups in total. The molecule has 10 heteroatoms. The lowest BCUT2D eigenvalue weighted by atomic mass is 9.72. The molecule has 0 radical (unpaired) electrons. The first kappa shape index (κ1) is 19.8. The van der Waals surface area contributed by atoms with Crippen molar-refractivity contribution in [1.82, 2.24) is 20.2 Å². The lowest BCUT2D eigenvalue weighted by Gasteiger charge is -2.43. The quantitative estimate of drug-likeness (QED) is 0.634. The molecule has 2 fully saturated rings. The summed E-state index contributed by atoms with van der Waals surface area (Å²) in [7, 11) is 0. The maximum Gasteiger partial charge on any atom is 0.314 e. The fraction of sp³-hybridized carbons (Fsp3) is 0.429. The van der Waals surface area contributed by atoms with Gasteiger partial charge in [-0.2, -0.15) is 8.78 Å². The van der Waals surface area contributed by atoms with Gasteiger partial charge in [0.05, 0.1) is 24.3 Å². The van der Waals surface area contributed by atoms with Gasteiger partial charge in [0.25, 0.3) is 11.8 Å². The van der Waals surface area contributed by atoms with Crippen LogP contribution >= 0.6 is 0 Å². The molecule has 0 atom stereocenters. The third kappa shape index (κ3) is 3.95. The van der Waals surface area contributed by atoms with Gasteiger partial charge in [0.15, 0.2) is 0 Å². The van der Waals surface area contributed by atoms with Crippen LogP contribution in [0.3, 0.4) is 0 Å². The molecule has 1 saturated heterocycles. The van der Waals surface area contributed by atoms with Gasteiger partial charge in [-0.25, -0.2) is 9.97 Å². The number of ether oxygens (including phenoxy) is 1. The molecule has 2 aliphatic rings. The molecule has 1 aliphatic carbocycles. The molecular formula is C21H22F2N6O2. The summed E-state index contributed by atoms with van der Waals surface area (Å²) in [5, 5.41) is 10.4. The highest BCUT2D eigenvalue weighted by Gasteiger charge is 2.39. The molecular weight excluding hydrogens is 406 g/mol. The van der Waals surface area contributed by atoms with E-state index in [9.17, 15) is 8.78 Å². The molecule has 5 rings (SSSR count). The minimum absolute atomic E-state index is 0.0288. The molecule has 0 amide bonds. The van der Waals surface area contributed by atoms with E-state index < -0.39 is 12.3 Å². The van der Waals surface area contributed by atoms with Crippen molar-refractivity contribution >= 4 is 11.6 Å². The Bertz CT molecular complexity index is 1020. The van der Waals surface area contributed by atoms with Gasteiger partial charge < -0.3 is 19.4 Å². The van der Waals surface area contributed by atoms with Crippen LogP contribution in [-0.2, 0) is 10.3 Å². The summed E-state index contributed by atoms with van der Waals surface area (Å²) < 4.78 is 35.7. The number of anilines is 2. The van der Waals surface area contributed by atoms with E-state index in [0.29, 0.717) is 11.5 Å². The first-order valence-electron chi connectivity index (χ1n) is 10.3. The van der Waals surface area contributed by atoms with Crippen molar-refractivity contribution in [1.29, 1.82) is 0 Å². The number of aromatic nitrogens is 4. The van der Waals surface area contributed by atoms with Crippen molar-refractivity contribution in [2.45, 2.75) is 31.2 Å². The summed E-state index contributed by atoms with van der Waals surface area (Å²) >= 11 is 0. The first-order chi connectivity index (χ1) is 15.1. The average Bonchev–Trinajstić information content (AvgIpc) is 3.28. The van der Waals surface area contributed by atoms with Crippen LogP contribution in [0.15, 0.2) is 41.1 Å². The molecule has 1 aliphatic heterocycles. The van der Waals surface area contributed by atoms with Crippen LogP contribution in [0, 0.1) is 0 Å². The van der Waals surface area contributed by atoms with Gasteiger partial charge in [0.1, 0.15) is 0 Å². The van der Waals surface area contributed by atoms with Gasteiger partial charge in [-0.1, -0.05) is 12.1 Å². The Morgan fingerprint density at radius 1 is 1.00 bits per heavy atom. The molecule has 162 valence electrons. The zero-order chi connectivity index (χ0) is 21.3. The monoisotopic (exact) mass is 428 g/mol. The number of nitrogens with one attached hydrogen (secondary N) is 1. The lowest BCUT2D eigenvalue weighted by molar-refractivity contribution is 0.116. The van der Waals surface area contributed by atoms with Gasteiger partial charge in [-0.3, -0.25) is 0 Å². The molecule has 3 aromatic rings. The topological polar surface area (TPSA) is 89.2 Å². The molecule has 2 aromatic heterocycles. The molecule has 31 heavy (non-hydrogen) atoms. The highest BCUT2D eigenvalue weighted by molar-refractivity contribution is 5.53. The van der Waals surface area contributed by atoms with Gasteiger partial charge >= 0.3 is 6.43 Å². The predicted molar refractivity (Wildman–Crippen MR) is 109 cm³/mol. The van der Waals surface area contributed by atoms with Crippen molar-refractivity contribution in [3.63, 3.8) is 0 Å². The molecule has 1 saturated carbocycles. The van der Waals surface area contributed by atoms with E-state index in [1.807, 2.05) is 0 Å².